The summed E-state index contributed by atoms with van der Waals surface area (Å²) in [5.41, 5.74) is 1.47. The van der Waals surface area contributed by atoms with Gasteiger partial charge in [0.1, 0.15) is 12.2 Å². The molecule has 2 fully saturated rings. The molecule has 0 spiro atoms. The molecule has 0 saturated heterocycles. The van der Waals surface area contributed by atoms with Crippen LogP contribution in [-0.2, 0) is 14.3 Å². The second-order valence-electron chi connectivity index (χ2n) is 8.13. The normalized spacial score (nSPS) is 38.9. The van der Waals surface area contributed by atoms with Gasteiger partial charge in [-0.1, -0.05) is 31.6 Å². The second kappa shape index (κ2) is 6.83. The summed E-state index contributed by atoms with van der Waals surface area (Å²) in [6.45, 7) is 13.7. The van der Waals surface area contributed by atoms with E-state index in [0.29, 0.717) is 19.3 Å². The molecule has 0 heterocycles. The highest BCUT2D eigenvalue weighted by Gasteiger charge is 2.56. The molecule has 6 atom stereocenters. The van der Waals surface area contributed by atoms with E-state index in [9.17, 15) is 14.7 Å². The molecule has 0 aromatic carbocycles. The average molecular weight is 334 g/mol. The van der Waals surface area contributed by atoms with Crippen molar-refractivity contribution in [1.82, 2.24) is 0 Å². The van der Waals surface area contributed by atoms with Crippen LogP contribution in [0, 0.1) is 23.2 Å². The lowest BCUT2D eigenvalue weighted by Crippen LogP contribution is -2.57. The van der Waals surface area contributed by atoms with Crippen molar-refractivity contribution >= 4 is 11.8 Å². The summed E-state index contributed by atoms with van der Waals surface area (Å²) < 4.78 is 5.68. The van der Waals surface area contributed by atoms with Gasteiger partial charge in [-0.25, -0.2) is 4.79 Å². The summed E-state index contributed by atoms with van der Waals surface area (Å²) in [6, 6.07) is 0. The molecule has 2 aliphatic carbocycles. The summed E-state index contributed by atoms with van der Waals surface area (Å²) in [5.74, 6) is -0.713. The molecular formula is C20H30O4. The smallest absolute Gasteiger partial charge is 0.330 e. The van der Waals surface area contributed by atoms with E-state index in [2.05, 4.69) is 20.4 Å². The van der Waals surface area contributed by atoms with Crippen molar-refractivity contribution in [1.29, 1.82) is 0 Å². The van der Waals surface area contributed by atoms with Gasteiger partial charge >= 0.3 is 5.97 Å². The van der Waals surface area contributed by atoms with Crippen LogP contribution in [-0.4, -0.2) is 29.1 Å². The lowest BCUT2D eigenvalue weighted by molar-refractivity contribution is -0.172. The number of hydrogen-bond donors (Lipinski definition) is 1. The van der Waals surface area contributed by atoms with E-state index in [1.54, 1.807) is 0 Å². The molecule has 4 nitrogen and oxygen atoms in total. The Morgan fingerprint density at radius 3 is 2.50 bits per heavy atom. The predicted octanol–water partition coefficient (Wildman–Crippen LogP) is 3.44. The average Bonchev–Trinajstić information content (AvgIpc) is 2.46. The van der Waals surface area contributed by atoms with E-state index in [0.717, 1.165) is 11.1 Å². The van der Waals surface area contributed by atoms with Gasteiger partial charge in [0.25, 0.3) is 0 Å². The van der Waals surface area contributed by atoms with Crippen molar-refractivity contribution in [2.45, 2.75) is 66.1 Å². The summed E-state index contributed by atoms with van der Waals surface area (Å²) >= 11 is 0. The molecule has 6 unspecified atom stereocenters. The van der Waals surface area contributed by atoms with Crippen LogP contribution in [0.3, 0.4) is 0 Å². The highest BCUT2D eigenvalue weighted by Crippen LogP contribution is 2.55. The Bertz CT molecular complexity index is 572. The highest BCUT2D eigenvalue weighted by molar-refractivity contribution is 5.89. The fourth-order valence-corrected chi connectivity index (χ4v) is 4.48. The number of allylic oxidation sites excluding steroid dienone is 2. The van der Waals surface area contributed by atoms with Crippen LogP contribution >= 0.6 is 0 Å². The van der Waals surface area contributed by atoms with Gasteiger partial charge < -0.3 is 9.84 Å². The Hall–Kier alpha value is -1.42. The molecule has 2 saturated carbocycles. The number of ketones is 1. The number of carbonyl (C=O) groups excluding carboxylic acids is 2. The first kappa shape index (κ1) is 18.9. The minimum Gasteiger partial charge on any atom is -0.459 e. The standard InChI is InChI=1S/C20H30O4/c1-11(2)9-17(21)24-16-8-7-15-19(23)18(22)14(12(3)4)10-20(15,6)13(16)5/h9,13-16,19,23H,3,7-8,10H2,1-2,4-6H3. The van der Waals surface area contributed by atoms with E-state index >= 15 is 0 Å². The molecule has 0 aliphatic heterocycles. The number of rotatable bonds is 3. The minimum atomic E-state index is -0.942. The van der Waals surface area contributed by atoms with Gasteiger partial charge in [0.05, 0.1) is 0 Å². The molecule has 4 heteroatoms. The van der Waals surface area contributed by atoms with Crippen LogP contribution in [0.25, 0.3) is 0 Å². The van der Waals surface area contributed by atoms with Gasteiger partial charge in [-0.3, -0.25) is 4.79 Å². The Kier molecular flexibility index (Phi) is 5.38. The fraction of sp³-hybridized carbons (Fsp3) is 0.700. The van der Waals surface area contributed by atoms with E-state index < -0.39 is 6.10 Å². The minimum absolute atomic E-state index is 0.0750. The van der Waals surface area contributed by atoms with Gasteiger partial charge in [-0.2, -0.15) is 0 Å². The quantitative estimate of drug-likeness (QED) is 0.488. The van der Waals surface area contributed by atoms with E-state index in [1.807, 2.05) is 20.8 Å². The van der Waals surface area contributed by atoms with Gasteiger partial charge in [0.2, 0.25) is 0 Å². The lowest BCUT2D eigenvalue weighted by Gasteiger charge is -2.54. The van der Waals surface area contributed by atoms with Gasteiger partial charge in [0, 0.05) is 12.0 Å². The Labute approximate surface area is 145 Å². The third kappa shape index (κ3) is 3.34. The first-order valence-electron chi connectivity index (χ1n) is 8.80. The van der Waals surface area contributed by atoms with Crippen LogP contribution in [0.4, 0.5) is 0 Å². The van der Waals surface area contributed by atoms with E-state index in [1.165, 1.54) is 6.08 Å². The van der Waals surface area contributed by atoms with Crippen molar-refractivity contribution in [3.8, 4) is 0 Å². The van der Waals surface area contributed by atoms with Gasteiger partial charge in [-0.15, -0.1) is 0 Å². The predicted molar refractivity (Wildman–Crippen MR) is 93.2 cm³/mol. The van der Waals surface area contributed by atoms with Gasteiger partial charge in [-0.05, 0) is 57.3 Å². The van der Waals surface area contributed by atoms with Crippen molar-refractivity contribution in [2.24, 2.45) is 23.2 Å². The largest absolute Gasteiger partial charge is 0.459 e. The summed E-state index contributed by atoms with van der Waals surface area (Å²) in [7, 11) is 0. The molecule has 0 aromatic rings. The van der Waals surface area contributed by atoms with Crippen LogP contribution in [0.2, 0.25) is 0 Å². The molecular weight excluding hydrogens is 304 g/mol. The number of aliphatic hydroxyl groups excluding tert-OH is 1. The van der Waals surface area contributed by atoms with Crippen LogP contribution in [0.5, 0.6) is 0 Å². The van der Waals surface area contributed by atoms with E-state index in [4.69, 9.17) is 4.74 Å². The number of aliphatic hydroxyl groups is 1. The maximum absolute atomic E-state index is 12.4. The molecule has 24 heavy (non-hydrogen) atoms. The summed E-state index contributed by atoms with van der Waals surface area (Å²) in [5, 5.41) is 10.6. The zero-order chi connectivity index (χ0) is 18.2. The number of hydrogen-bond acceptors (Lipinski definition) is 4. The molecule has 0 aromatic heterocycles. The zero-order valence-electron chi connectivity index (χ0n) is 15.5. The highest BCUT2D eigenvalue weighted by atomic mass is 16.5. The summed E-state index contributed by atoms with van der Waals surface area (Å²) in [6.07, 6.45) is 2.44. The first-order chi connectivity index (χ1) is 11.1. The Morgan fingerprint density at radius 2 is 1.96 bits per heavy atom. The number of esters is 1. The number of fused-ring (bicyclic) bond motifs is 1. The first-order valence-corrected chi connectivity index (χ1v) is 8.80. The van der Waals surface area contributed by atoms with Crippen molar-refractivity contribution in [2.75, 3.05) is 0 Å². The Morgan fingerprint density at radius 1 is 1.33 bits per heavy atom. The molecule has 134 valence electrons. The second-order valence-corrected chi connectivity index (χ2v) is 8.13. The zero-order valence-corrected chi connectivity index (χ0v) is 15.5. The third-order valence-corrected chi connectivity index (χ3v) is 6.14. The summed E-state index contributed by atoms with van der Waals surface area (Å²) in [4.78, 5) is 24.5. The van der Waals surface area contributed by atoms with Crippen LogP contribution < -0.4 is 0 Å². The van der Waals surface area contributed by atoms with Crippen LogP contribution in [0.1, 0.15) is 53.9 Å². The molecule has 2 aliphatic rings. The molecule has 1 N–H and O–H groups in total. The molecule has 0 amide bonds. The number of carbonyl (C=O) groups is 2. The lowest BCUT2D eigenvalue weighted by atomic mass is 9.51. The SMILES string of the molecule is C=C(C)C1CC2(C)C(C)C(OC(=O)C=C(C)C)CCC2C(O)C1=O. The number of ether oxygens (including phenoxy) is 1. The van der Waals surface area contributed by atoms with Crippen molar-refractivity contribution in [3.63, 3.8) is 0 Å². The fourth-order valence-electron chi connectivity index (χ4n) is 4.48. The molecule has 0 radical (unpaired) electrons. The van der Waals surface area contributed by atoms with Crippen LogP contribution in [0.15, 0.2) is 23.8 Å². The monoisotopic (exact) mass is 334 g/mol. The van der Waals surface area contributed by atoms with Crippen molar-refractivity contribution < 1.29 is 19.4 Å². The molecule has 0 bridgehead atoms. The molecule has 2 rings (SSSR count). The topological polar surface area (TPSA) is 63.6 Å². The third-order valence-electron chi connectivity index (χ3n) is 6.14. The Balaban J connectivity index is 2.23. The van der Waals surface area contributed by atoms with Gasteiger partial charge in [0.15, 0.2) is 5.78 Å². The number of Topliss-reactive ketones (excluding diaryl/α,β-unsaturated/α-hetero) is 1. The maximum Gasteiger partial charge on any atom is 0.330 e. The van der Waals surface area contributed by atoms with E-state index in [-0.39, 0.29) is 41.0 Å². The maximum atomic E-state index is 12.4. The van der Waals surface area contributed by atoms with Crippen molar-refractivity contribution in [3.05, 3.63) is 23.8 Å².